The molecule has 0 aliphatic carbocycles. The maximum atomic E-state index is 13.8. The SMILES string of the molecule is CCOc1ccc(C2C(C(=O)c3sc(C)nc3C)=C(O)C(=O)N2c2nc3ccc(C)cc3s2)cc1OC. The molecule has 0 fully saturated rings. The van der Waals surface area contributed by atoms with Gasteiger partial charge in [-0.15, -0.1) is 11.3 Å². The molecule has 4 aromatic rings. The highest BCUT2D eigenvalue weighted by atomic mass is 32.1. The molecular formula is C27H25N3O5S2. The second-order valence-electron chi connectivity index (χ2n) is 8.63. The molecule has 5 rings (SSSR count). The van der Waals surface area contributed by atoms with E-state index in [1.54, 1.807) is 25.1 Å². The van der Waals surface area contributed by atoms with E-state index in [9.17, 15) is 14.7 Å². The van der Waals surface area contributed by atoms with E-state index in [0.717, 1.165) is 20.8 Å². The lowest BCUT2D eigenvalue weighted by atomic mass is 9.95. The number of hydrogen-bond acceptors (Lipinski definition) is 9. The van der Waals surface area contributed by atoms with Crippen molar-refractivity contribution in [2.45, 2.75) is 33.7 Å². The number of rotatable bonds is 7. The summed E-state index contributed by atoms with van der Waals surface area (Å²) < 4.78 is 12.1. The zero-order valence-electron chi connectivity index (χ0n) is 21.0. The van der Waals surface area contributed by atoms with E-state index in [4.69, 9.17) is 9.47 Å². The van der Waals surface area contributed by atoms with Crippen LogP contribution >= 0.6 is 22.7 Å². The van der Waals surface area contributed by atoms with Gasteiger partial charge in [0.1, 0.15) is 0 Å². The zero-order chi connectivity index (χ0) is 26.4. The number of methoxy groups -OCH3 is 1. The number of aliphatic hydroxyl groups is 1. The van der Waals surface area contributed by atoms with E-state index < -0.39 is 23.5 Å². The van der Waals surface area contributed by atoms with Gasteiger partial charge < -0.3 is 14.6 Å². The van der Waals surface area contributed by atoms with Crippen LogP contribution in [0.3, 0.4) is 0 Å². The van der Waals surface area contributed by atoms with Crippen molar-refractivity contribution in [1.82, 2.24) is 9.97 Å². The Morgan fingerprint density at radius 3 is 2.54 bits per heavy atom. The van der Waals surface area contributed by atoms with E-state index in [1.807, 2.05) is 39.0 Å². The molecule has 1 N–H and O–H groups in total. The second kappa shape index (κ2) is 9.60. The van der Waals surface area contributed by atoms with Gasteiger partial charge in [-0.2, -0.15) is 0 Å². The van der Waals surface area contributed by atoms with Crippen LogP contribution < -0.4 is 14.4 Å². The summed E-state index contributed by atoms with van der Waals surface area (Å²) in [7, 11) is 1.53. The minimum absolute atomic E-state index is 0.0154. The molecule has 2 aromatic carbocycles. The van der Waals surface area contributed by atoms with E-state index in [1.165, 1.54) is 34.7 Å². The number of carbonyl (C=O) groups excluding carboxylic acids is 2. The van der Waals surface area contributed by atoms with Gasteiger partial charge in [0.25, 0.3) is 5.91 Å². The Balaban J connectivity index is 1.70. The van der Waals surface area contributed by atoms with Crippen LogP contribution in [0.4, 0.5) is 5.13 Å². The maximum Gasteiger partial charge on any atom is 0.296 e. The summed E-state index contributed by atoms with van der Waals surface area (Å²) in [6, 6.07) is 10.1. The normalized spacial score (nSPS) is 15.6. The van der Waals surface area contributed by atoms with Crippen LogP contribution in [0.25, 0.3) is 10.2 Å². The molecule has 1 aliphatic rings. The predicted molar refractivity (Wildman–Crippen MR) is 144 cm³/mol. The van der Waals surface area contributed by atoms with E-state index in [2.05, 4.69) is 9.97 Å². The number of amides is 1. The number of aryl methyl sites for hydroxylation is 3. The molecule has 3 heterocycles. The Hall–Kier alpha value is -3.76. The van der Waals surface area contributed by atoms with E-state index in [-0.39, 0.29) is 5.57 Å². The molecule has 1 amide bonds. The molecule has 190 valence electrons. The first-order chi connectivity index (χ1) is 17.7. The smallest absolute Gasteiger partial charge is 0.296 e. The largest absolute Gasteiger partial charge is 0.503 e. The van der Waals surface area contributed by atoms with Crippen LogP contribution in [0.2, 0.25) is 0 Å². The number of benzene rings is 2. The topological polar surface area (TPSA) is 102 Å². The second-order valence-corrected chi connectivity index (χ2v) is 10.8. The average molecular weight is 536 g/mol. The van der Waals surface area contributed by atoms with Crippen molar-refractivity contribution in [2.24, 2.45) is 0 Å². The number of aromatic nitrogens is 2. The van der Waals surface area contributed by atoms with Gasteiger partial charge in [0.2, 0.25) is 5.78 Å². The van der Waals surface area contributed by atoms with Gasteiger partial charge in [0.15, 0.2) is 22.4 Å². The molecule has 10 heteroatoms. The fourth-order valence-electron chi connectivity index (χ4n) is 4.47. The van der Waals surface area contributed by atoms with Crippen molar-refractivity contribution in [2.75, 3.05) is 18.6 Å². The quantitative estimate of drug-likeness (QED) is 0.295. The minimum atomic E-state index is -0.923. The first-order valence-corrected chi connectivity index (χ1v) is 13.3. The number of hydrogen-bond donors (Lipinski definition) is 1. The van der Waals surface area contributed by atoms with Crippen molar-refractivity contribution < 1.29 is 24.2 Å². The number of carbonyl (C=O) groups is 2. The monoisotopic (exact) mass is 535 g/mol. The van der Waals surface area contributed by atoms with Gasteiger partial charge in [0.05, 0.1) is 51.1 Å². The molecular weight excluding hydrogens is 510 g/mol. The van der Waals surface area contributed by atoms with Crippen LogP contribution in [0.15, 0.2) is 47.7 Å². The summed E-state index contributed by atoms with van der Waals surface area (Å²) in [5, 5.41) is 12.2. The highest BCUT2D eigenvalue weighted by molar-refractivity contribution is 7.22. The van der Waals surface area contributed by atoms with Crippen LogP contribution in [-0.2, 0) is 4.79 Å². The van der Waals surface area contributed by atoms with E-state index >= 15 is 0 Å². The number of anilines is 1. The molecule has 0 saturated heterocycles. The molecule has 0 spiro atoms. The van der Waals surface area contributed by atoms with Crippen LogP contribution in [0, 0.1) is 20.8 Å². The van der Waals surface area contributed by atoms with Crippen LogP contribution in [0.1, 0.15) is 44.5 Å². The number of ketones is 1. The standard InChI is InChI=1S/C27H25N3O5S2/c1-6-35-18-10-8-16(12-19(18)34-5)22-21(23(31)25-14(3)28-15(4)36-25)24(32)26(33)30(22)27-29-17-9-7-13(2)11-20(17)37-27/h7-12,22,32H,6H2,1-5H3. The van der Waals surface area contributed by atoms with Crippen molar-refractivity contribution in [3.8, 4) is 11.5 Å². The van der Waals surface area contributed by atoms with Crippen LogP contribution in [0.5, 0.6) is 11.5 Å². The zero-order valence-corrected chi connectivity index (χ0v) is 22.6. The number of thiazole rings is 2. The molecule has 8 nitrogen and oxygen atoms in total. The fourth-order valence-corrected chi connectivity index (χ4v) is 6.43. The number of nitrogens with zero attached hydrogens (tertiary/aromatic N) is 3. The van der Waals surface area contributed by atoms with Crippen molar-refractivity contribution in [1.29, 1.82) is 0 Å². The van der Waals surface area contributed by atoms with Crippen molar-refractivity contribution in [3.05, 3.63) is 74.4 Å². The van der Waals surface area contributed by atoms with E-state index in [0.29, 0.717) is 39.4 Å². The molecule has 1 unspecified atom stereocenters. The summed E-state index contributed by atoms with van der Waals surface area (Å²) >= 11 is 2.57. The molecule has 37 heavy (non-hydrogen) atoms. The molecule has 1 atom stereocenters. The third-order valence-corrected chi connectivity index (χ3v) is 8.19. The molecule has 0 radical (unpaired) electrons. The van der Waals surface area contributed by atoms with Gasteiger partial charge in [-0.1, -0.05) is 23.5 Å². The maximum absolute atomic E-state index is 13.8. The van der Waals surface area contributed by atoms with Crippen molar-refractivity contribution >= 4 is 49.7 Å². The third kappa shape index (κ3) is 4.25. The van der Waals surface area contributed by atoms with Gasteiger partial charge in [0, 0.05) is 0 Å². The summed E-state index contributed by atoms with van der Waals surface area (Å²) in [6.45, 7) is 7.86. The van der Waals surface area contributed by atoms with Gasteiger partial charge in [-0.25, -0.2) is 9.97 Å². The Bertz CT molecular complexity index is 1590. The summed E-state index contributed by atoms with van der Waals surface area (Å²) in [5.41, 5.74) is 2.91. The highest BCUT2D eigenvalue weighted by Crippen LogP contribution is 2.46. The first-order valence-electron chi connectivity index (χ1n) is 11.7. The summed E-state index contributed by atoms with van der Waals surface area (Å²) in [6.07, 6.45) is 0. The lowest BCUT2D eigenvalue weighted by Crippen LogP contribution is -2.31. The summed E-state index contributed by atoms with van der Waals surface area (Å²) in [4.78, 5) is 38.2. The predicted octanol–water partition coefficient (Wildman–Crippen LogP) is 5.87. The Morgan fingerprint density at radius 1 is 1.08 bits per heavy atom. The number of ether oxygens (including phenoxy) is 2. The number of fused-ring (bicyclic) bond motifs is 1. The fraction of sp³-hybridized carbons (Fsp3) is 0.259. The number of Topliss-reactive ketones (excluding diaryl/α,β-unsaturated/α-hetero) is 1. The molecule has 2 aromatic heterocycles. The molecule has 1 aliphatic heterocycles. The third-order valence-electron chi connectivity index (χ3n) is 6.10. The van der Waals surface area contributed by atoms with Crippen LogP contribution in [-0.4, -0.2) is 40.5 Å². The first kappa shape index (κ1) is 24.9. The molecule has 0 saturated carbocycles. The average Bonchev–Trinajstić information content (AvgIpc) is 3.51. The number of aliphatic hydroxyl groups excluding tert-OH is 1. The Morgan fingerprint density at radius 2 is 1.86 bits per heavy atom. The Labute approximate surface area is 221 Å². The highest BCUT2D eigenvalue weighted by Gasteiger charge is 2.46. The lowest BCUT2D eigenvalue weighted by molar-refractivity contribution is -0.117. The molecule has 0 bridgehead atoms. The van der Waals surface area contributed by atoms with Gasteiger partial charge in [-0.3, -0.25) is 14.5 Å². The minimum Gasteiger partial charge on any atom is -0.503 e. The lowest BCUT2D eigenvalue weighted by Gasteiger charge is -2.25. The summed E-state index contributed by atoms with van der Waals surface area (Å²) in [5.74, 6) is -0.726. The van der Waals surface area contributed by atoms with Crippen molar-refractivity contribution in [3.63, 3.8) is 0 Å². The Kier molecular flexibility index (Phi) is 6.47. The van der Waals surface area contributed by atoms with Gasteiger partial charge in [-0.05, 0) is 63.1 Å². The van der Waals surface area contributed by atoms with Gasteiger partial charge >= 0.3 is 0 Å².